The summed E-state index contributed by atoms with van der Waals surface area (Å²) in [4.78, 5) is 13.4. The highest BCUT2D eigenvalue weighted by atomic mass is 32.1. The molecule has 5 nitrogen and oxygen atoms in total. The zero-order chi connectivity index (χ0) is 18.5. The SMILES string of the molecule is CC(Oc1ccccc1C(C)C)C(=O)Nc1ccc(-c2cnns2)cc1. The number of hydrogen-bond acceptors (Lipinski definition) is 5. The van der Waals surface area contributed by atoms with Crippen molar-refractivity contribution in [1.82, 2.24) is 9.59 Å². The van der Waals surface area contributed by atoms with Crippen LogP contribution in [0.5, 0.6) is 5.75 Å². The summed E-state index contributed by atoms with van der Waals surface area (Å²) in [5, 5.41) is 6.73. The van der Waals surface area contributed by atoms with Gasteiger partial charge >= 0.3 is 0 Å². The van der Waals surface area contributed by atoms with Crippen LogP contribution in [-0.2, 0) is 4.79 Å². The largest absolute Gasteiger partial charge is 0.481 e. The summed E-state index contributed by atoms with van der Waals surface area (Å²) in [5.74, 6) is 0.893. The second-order valence-electron chi connectivity index (χ2n) is 6.30. The van der Waals surface area contributed by atoms with Crippen LogP contribution in [0.2, 0.25) is 0 Å². The molecule has 0 fully saturated rings. The van der Waals surface area contributed by atoms with E-state index in [1.807, 2.05) is 48.5 Å². The monoisotopic (exact) mass is 367 g/mol. The summed E-state index contributed by atoms with van der Waals surface area (Å²) < 4.78 is 9.75. The third-order valence-corrected chi connectivity index (χ3v) is 4.73. The Labute approximate surface area is 157 Å². The molecular weight excluding hydrogens is 346 g/mol. The summed E-state index contributed by atoms with van der Waals surface area (Å²) in [6, 6.07) is 15.4. The van der Waals surface area contributed by atoms with Crippen LogP contribution in [0.1, 0.15) is 32.3 Å². The Kier molecular flexibility index (Phi) is 5.63. The van der Waals surface area contributed by atoms with E-state index in [2.05, 4.69) is 28.8 Å². The lowest BCUT2D eigenvalue weighted by molar-refractivity contribution is -0.122. The van der Waals surface area contributed by atoms with Crippen LogP contribution >= 0.6 is 11.5 Å². The van der Waals surface area contributed by atoms with Crippen molar-refractivity contribution in [2.45, 2.75) is 32.8 Å². The predicted octanol–water partition coefficient (Wildman–Crippen LogP) is 4.73. The lowest BCUT2D eigenvalue weighted by atomic mass is 10.0. The van der Waals surface area contributed by atoms with E-state index in [0.29, 0.717) is 5.92 Å². The molecule has 1 amide bonds. The third-order valence-electron chi connectivity index (χ3n) is 4.01. The minimum absolute atomic E-state index is 0.184. The summed E-state index contributed by atoms with van der Waals surface area (Å²) in [7, 11) is 0. The highest BCUT2D eigenvalue weighted by molar-refractivity contribution is 7.09. The third kappa shape index (κ3) is 4.26. The molecule has 0 radical (unpaired) electrons. The van der Waals surface area contributed by atoms with Crippen molar-refractivity contribution in [2.24, 2.45) is 0 Å². The van der Waals surface area contributed by atoms with Gasteiger partial charge in [0.25, 0.3) is 5.91 Å². The predicted molar refractivity (Wildman–Crippen MR) is 105 cm³/mol. The van der Waals surface area contributed by atoms with Gasteiger partial charge in [0.1, 0.15) is 5.75 Å². The molecule has 1 unspecified atom stereocenters. The highest BCUT2D eigenvalue weighted by Crippen LogP contribution is 2.27. The zero-order valence-electron chi connectivity index (χ0n) is 15.0. The van der Waals surface area contributed by atoms with Crippen molar-refractivity contribution < 1.29 is 9.53 Å². The molecular formula is C20H21N3O2S. The summed E-state index contributed by atoms with van der Waals surface area (Å²) in [5.41, 5.74) is 2.84. The van der Waals surface area contributed by atoms with Crippen molar-refractivity contribution >= 4 is 23.1 Å². The molecule has 1 N–H and O–H groups in total. The average Bonchev–Trinajstić information content (AvgIpc) is 3.17. The second-order valence-corrected chi connectivity index (χ2v) is 7.09. The summed E-state index contributed by atoms with van der Waals surface area (Å²) in [6.45, 7) is 5.96. The van der Waals surface area contributed by atoms with Gasteiger partial charge in [-0.3, -0.25) is 4.79 Å². The molecule has 1 atom stereocenters. The van der Waals surface area contributed by atoms with Crippen LogP contribution in [0, 0.1) is 0 Å². The number of ether oxygens (including phenoxy) is 1. The quantitative estimate of drug-likeness (QED) is 0.684. The molecule has 1 aromatic heterocycles. The molecule has 3 aromatic rings. The van der Waals surface area contributed by atoms with E-state index < -0.39 is 6.10 Å². The maximum absolute atomic E-state index is 12.5. The summed E-state index contributed by atoms with van der Waals surface area (Å²) in [6.07, 6.45) is 1.13. The Morgan fingerprint density at radius 3 is 2.46 bits per heavy atom. The molecule has 134 valence electrons. The van der Waals surface area contributed by atoms with E-state index in [0.717, 1.165) is 27.4 Å². The van der Waals surface area contributed by atoms with Gasteiger partial charge in [0.15, 0.2) is 6.10 Å². The van der Waals surface area contributed by atoms with Gasteiger partial charge < -0.3 is 10.1 Å². The second kappa shape index (κ2) is 8.10. The number of para-hydroxylation sites is 1. The summed E-state index contributed by atoms with van der Waals surface area (Å²) >= 11 is 1.34. The Hall–Kier alpha value is -2.73. The lowest BCUT2D eigenvalue weighted by Gasteiger charge is -2.18. The van der Waals surface area contributed by atoms with E-state index in [9.17, 15) is 4.79 Å². The van der Waals surface area contributed by atoms with Crippen LogP contribution in [0.25, 0.3) is 10.4 Å². The van der Waals surface area contributed by atoms with E-state index in [1.165, 1.54) is 11.5 Å². The van der Waals surface area contributed by atoms with Crippen molar-refractivity contribution in [2.75, 3.05) is 5.32 Å². The smallest absolute Gasteiger partial charge is 0.265 e. The van der Waals surface area contributed by atoms with Gasteiger partial charge in [-0.15, -0.1) is 5.10 Å². The molecule has 1 heterocycles. The number of rotatable bonds is 6. The van der Waals surface area contributed by atoms with Gasteiger partial charge in [0.2, 0.25) is 0 Å². The van der Waals surface area contributed by atoms with Crippen LogP contribution in [0.15, 0.2) is 54.7 Å². The first-order chi connectivity index (χ1) is 12.5. The van der Waals surface area contributed by atoms with Gasteiger partial charge in [-0.2, -0.15) is 0 Å². The van der Waals surface area contributed by atoms with Crippen molar-refractivity contribution in [3.05, 3.63) is 60.3 Å². The Bertz CT molecular complexity index is 861. The molecule has 3 rings (SSSR count). The van der Waals surface area contributed by atoms with E-state index in [4.69, 9.17) is 4.74 Å². The Balaban J connectivity index is 1.64. The maximum Gasteiger partial charge on any atom is 0.265 e. The Morgan fingerprint density at radius 1 is 1.08 bits per heavy atom. The fourth-order valence-electron chi connectivity index (χ4n) is 2.56. The Morgan fingerprint density at radius 2 is 1.81 bits per heavy atom. The fraction of sp³-hybridized carbons (Fsp3) is 0.250. The lowest BCUT2D eigenvalue weighted by Crippen LogP contribution is -2.30. The fourth-order valence-corrected chi connectivity index (χ4v) is 3.08. The molecule has 0 bridgehead atoms. The van der Waals surface area contributed by atoms with Crippen molar-refractivity contribution in [3.8, 4) is 16.2 Å². The number of benzene rings is 2. The van der Waals surface area contributed by atoms with Gasteiger partial charge in [-0.05, 0) is 53.7 Å². The van der Waals surface area contributed by atoms with Crippen molar-refractivity contribution in [1.29, 1.82) is 0 Å². The van der Waals surface area contributed by atoms with Gasteiger partial charge in [0, 0.05) is 5.69 Å². The number of nitrogens with zero attached hydrogens (tertiary/aromatic N) is 2. The minimum atomic E-state index is -0.597. The first-order valence-electron chi connectivity index (χ1n) is 8.49. The first kappa shape index (κ1) is 18.1. The maximum atomic E-state index is 12.5. The number of nitrogens with one attached hydrogen (secondary N) is 1. The van der Waals surface area contributed by atoms with Crippen molar-refractivity contribution in [3.63, 3.8) is 0 Å². The number of aromatic nitrogens is 2. The number of hydrogen-bond donors (Lipinski definition) is 1. The first-order valence-corrected chi connectivity index (χ1v) is 9.26. The molecule has 0 aliphatic rings. The molecule has 2 aromatic carbocycles. The number of carbonyl (C=O) groups excluding carboxylic acids is 1. The normalized spacial score (nSPS) is 12.0. The number of anilines is 1. The number of carbonyl (C=O) groups is 1. The molecule has 6 heteroatoms. The van der Waals surface area contributed by atoms with Crippen LogP contribution < -0.4 is 10.1 Å². The van der Waals surface area contributed by atoms with E-state index in [-0.39, 0.29) is 5.91 Å². The van der Waals surface area contributed by atoms with Gasteiger partial charge in [0.05, 0.1) is 11.1 Å². The van der Waals surface area contributed by atoms with Crippen LogP contribution in [0.4, 0.5) is 5.69 Å². The molecule has 0 saturated carbocycles. The average molecular weight is 367 g/mol. The molecule has 26 heavy (non-hydrogen) atoms. The standard InChI is InChI=1S/C20H21N3O2S/c1-13(2)17-6-4-5-7-18(17)25-14(3)20(24)22-16-10-8-15(9-11-16)19-12-21-23-26-19/h4-14H,1-3H3,(H,22,24). The zero-order valence-corrected chi connectivity index (χ0v) is 15.8. The number of amides is 1. The molecule has 0 aliphatic carbocycles. The molecule has 0 saturated heterocycles. The highest BCUT2D eigenvalue weighted by Gasteiger charge is 2.17. The van der Waals surface area contributed by atoms with Gasteiger partial charge in [-0.1, -0.05) is 48.7 Å². The van der Waals surface area contributed by atoms with Crippen LogP contribution in [0.3, 0.4) is 0 Å². The van der Waals surface area contributed by atoms with E-state index in [1.54, 1.807) is 13.1 Å². The van der Waals surface area contributed by atoms with Gasteiger partial charge in [-0.25, -0.2) is 0 Å². The topological polar surface area (TPSA) is 64.1 Å². The van der Waals surface area contributed by atoms with E-state index >= 15 is 0 Å². The minimum Gasteiger partial charge on any atom is -0.481 e. The molecule has 0 spiro atoms. The molecule has 0 aliphatic heterocycles. The van der Waals surface area contributed by atoms with Crippen LogP contribution in [-0.4, -0.2) is 21.6 Å².